The van der Waals surface area contributed by atoms with Crippen molar-refractivity contribution in [3.05, 3.63) is 43.7 Å². The highest BCUT2D eigenvalue weighted by Crippen LogP contribution is 2.53. The Morgan fingerprint density at radius 3 is 2.12 bits per heavy atom. The third kappa shape index (κ3) is 5.72. The van der Waals surface area contributed by atoms with Crippen LogP contribution in [0.2, 0.25) is 36.3 Å². The summed E-state index contributed by atoms with van der Waals surface area (Å²) in [5, 5.41) is 0.472. The minimum absolute atomic E-state index is 0.0357. The van der Waals surface area contributed by atoms with Crippen LogP contribution in [0.25, 0.3) is 0 Å². The van der Waals surface area contributed by atoms with Crippen molar-refractivity contribution in [3.8, 4) is 0 Å². The lowest BCUT2D eigenvalue weighted by atomic mass is 9.89. The summed E-state index contributed by atoms with van der Waals surface area (Å²) in [6.07, 6.45) is -1.91. The molecule has 3 heterocycles. The van der Waals surface area contributed by atoms with Crippen molar-refractivity contribution in [1.29, 1.82) is 0 Å². The first kappa shape index (κ1) is 33.9. The van der Waals surface area contributed by atoms with Gasteiger partial charge in [0.1, 0.15) is 12.2 Å². The Morgan fingerprint density at radius 1 is 1.10 bits per heavy atom. The molecule has 234 valence electrons. The lowest BCUT2D eigenvalue weighted by Crippen LogP contribution is -2.60. The number of nitrogens with two attached hydrogens (primary N) is 1. The fourth-order valence-electron chi connectivity index (χ4n) is 4.91. The normalized spacial score (nSPS) is 27.2. The fraction of sp³-hybridized carbons (Fsp3) is 0.778. The van der Waals surface area contributed by atoms with Crippen LogP contribution in [-0.2, 0) is 34.9 Å². The molecule has 1 saturated heterocycles. The van der Waals surface area contributed by atoms with Crippen molar-refractivity contribution in [1.82, 2.24) is 9.13 Å². The Hall–Kier alpha value is -1.56. The van der Waals surface area contributed by atoms with Crippen molar-refractivity contribution in [2.24, 2.45) is 18.7 Å². The molecule has 1 spiro atoms. The molecule has 1 fully saturated rings. The van der Waals surface area contributed by atoms with E-state index in [1.165, 1.54) is 17.8 Å². The van der Waals surface area contributed by atoms with Gasteiger partial charge >= 0.3 is 5.69 Å². The zero-order valence-electron chi connectivity index (χ0n) is 26.8. The Labute approximate surface area is 246 Å². The lowest BCUT2D eigenvalue weighted by molar-refractivity contribution is -0.0567. The second-order valence-electron chi connectivity index (χ2n) is 14.3. The van der Waals surface area contributed by atoms with Gasteiger partial charge in [-0.3, -0.25) is 13.9 Å². The first-order valence-corrected chi connectivity index (χ1v) is 21.3. The summed E-state index contributed by atoms with van der Waals surface area (Å²) in [6, 6.07) is 0. The third-order valence-corrected chi connectivity index (χ3v) is 20.1. The molecule has 1 aromatic heterocycles. The van der Waals surface area contributed by atoms with Gasteiger partial charge in [0.2, 0.25) is 0 Å². The smallest absolute Gasteiger partial charge is 0.332 e. The van der Waals surface area contributed by atoms with Crippen molar-refractivity contribution >= 4 is 26.8 Å². The molecule has 0 aliphatic carbocycles. The molecule has 1 aromatic rings. The molecule has 41 heavy (non-hydrogen) atoms. The lowest BCUT2D eigenvalue weighted by Gasteiger charge is -2.47. The van der Waals surface area contributed by atoms with Gasteiger partial charge in [0, 0.05) is 18.8 Å². The van der Waals surface area contributed by atoms with E-state index in [0.29, 0.717) is 5.56 Å². The minimum atomic E-state index is -4.20. The van der Waals surface area contributed by atoms with E-state index >= 15 is 0 Å². The van der Waals surface area contributed by atoms with Crippen LogP contribution in [-0.4, -0.2) is 58.6 Å². The van der Waals surface area contributed by atoms with Crippen LogP contribution in [0.15, 0.2) is 26.9 Å². The molecule has 0 bridgehead atoms. The predicted molar refractivity (Wildman–Crippen MR) is 164 cm³/mol. The summed E-state index contributed by atoms with van der Waals surface area (Å²) in [5.41, 5.74) is 3.91. The summed E-state index contributed by atoms with van der Waals surface area (Å²) in [4.78, 5) is 26.1. The van der Waals surface area contributed by atoms with Gasteiger partial charge in [-0.05, 0) is 49.1 Å². The van der Waals surface area contributed by atoms with Gasteiger partial charge in [-0.15, -0.1) is 0 Å². The Kier molecular flexibility index (Phi) is 8.74. The van der Waals surface area contributed by atoms with E-state index in [2.05, 4.69) is 74.7 Å². The van der Waals surface area contributed by atoms with Gasteiger partial charge in [-0.2, -0.15) is 8.42 Å². The van der Waals surface area contributed by atoms with Gasteiger partial charge in [-0.1, -0.05) is 48.5 Å². The zero-order chi connectivity index (χ0) is 31.7. The highest BCUT2D eigenvalue weighted by atomic mass is 32.2. The molecule has 0 aromatic carbocycles. The second kappa shape index (κ2) is 10.6. The molecule has 2 aliphatic heterocycles. The Bertz CT molecular complexity index is 1440. The number of nitrogens with zero attached hydrogens (tertiary/aromatic N) is 2. The van der Waals surface area contributed by atoms with E-state index in [9.17, 15) is 18.0 Å². The van der Waals surface area contributed by atoms with Gasteiger partial charge in [0.05, 0.1) is 17.7 Å². The van der Waals surface area contributed by atoms with Crippen LogP contribution < -0.4 is 17.0 Å². The van der Waals surface area contributed by atoms with Gasteiger partial charge < -0.3 is 19.3 Å². The largest absolute Gasteiger partial charge is 0.414 e. The Balaban J connectivity index is 2.29. The van der Waals surface area contributed by atoms with E-state index in [1.54, 1.807) is 6.92 Å². The van der Waals surface area contributed by atoms with E-state index < -0.39 is 62.0 Å². The number of hydrogen-bond donors (Lipinski definition) is 1. The maximum atomic E-state index is 13.5. The minimum Gasteiger partial charge on any atom is -0.414 e. The number of aryl methyl sites for hydroxylation is 1. The standard InChI is InChI=1S/C27H49N3O8SSi2/c1-17(2)26(7,8)41(12,13)37-21-23(30-14-18(3)22(31)29(9)24(30)32)36-20(15-35-40(10,11)25(4,5)6)27(21)19(28)16-39(33,34)38-27/h14,16-17,20-21,23H,15,28H2,1-13H3/t20?,21-,23+,27?/m0/s1. The van der Waals surface area contributed by atoms with Crippen LogP contribution in [0.4, 0.5) is 0 Å². The molecule has 3 rings (SSSR count). The van der Waals surface area contributed by atoms with Crippen molar-refractivity contribution in [2.45, 2.75) is 116 Å². The van der Waals surface area contributed by atoms with Gasteiger partial charge in [-0.25, -0.2) is 8.98 Å². The fourth-order valence-corrected chi connectivity index (χ4v) is 9.76. The van der Waals surface area contributed by atoms with Gasteiger partial charge in [0.15, 0.2) is 28.5 Å². The SMILES string of the molecule is Cc1cn([C@@H]2OC(CO[Si](C)(C)C(C)(C)C)C3(OS(=O)(=O)C=C3N)[C@H]2O[Si](C)(C)C(C)(C)C(C)C)c(=O)n(C)c1=O. The summed E-state index contributed by atoms with van der Waals surface area (Å²) in [7, 11) is -7.88. The molecule has 2 unspecified atom stereocenters. The molecule has 4 atom stereocenters. The van der Waals surface area contributed by atoms with E-state index in [4.69, 9.17) is 23.5 Å². The number of aromatic nitrogens is 2. The van der Waals surface area contributed by atoms with Crippen LogP contribution in [0, 0.1) is 12.8 Å². The van der Waals surface area contributed by atoms with E-state index in [0.717, 1.165) is 9.98 Å². The molecule has 2 N–H and O–H groups in total. The molecular weight excluding hydrogens is 583 g/mol. The van der Waals surface area contributed by atoms with Gasteiger partial charge in [0.25, 0.3) is 15.7 Å². The topological polar surface area (TPSA) is 141 Å². The number of hydrogen-bond acceptors (Lipinski definition) is 9. The predicted octanol–water partition coefficient (Wildman–Crippen LogP) is 3.70. The maximum Gasteiger partial charge on any atom is 0.332 e. The molecule has 0 amide bonds. The van der Waals surface area contributed by atoms with Crippen LogP contribution in [0.3, 0.4) is 0 Å². The number of ether oxygens (including phenoxy) is 1. The first-order valence-electron chi connectivity index (χ1n) is 14.0. The summed E-state index contributed by atoms with van der Waals surface area (Å²) in [6.45, 7) is 24.6. The van der Waals surface area contributed by atoms with Crippen LogP contribution >= 0.6 is 0 Å². The highest BCUT2D eigenvalue weighted by Gasteiger charge is 2.67. The van der Waals surface area contributed by atoms with E-state index in [-0.39, 0.29) is 28.3 Å². The van der Waals surface area contributed by atoms with Crippen LogP contribution in [0.5, 0.6) is 0 Å². The molecule has 14 heteroatoms. The zero-order valence-corrected chi connectivity index (χ0v) is 29.6. The van der Waals surface area contributed by atoms with E-state index in [1.807, 2.05) is 0 Å². The molecule has 0 radical (unpaired) electrons. The first-order chi connectivity index (χ1) is 18.3. The van der Waals surface area contributed by atoms with Crippen molar-refractivity contribution in [2.75, 3.05) is 6.61 Å². The maximum absolute atomic E-state index is 13.5. The van der Waals surface area contributed by atoms with Crippen molar-refractivity contribution < 1.29 is 26.2 Å². The molecular formula is C27H49N3O8SSi2. The third-order valence-electron chi connectivity index (χ3n) is 10.0. The molecule has 0 saturated carbocycles. The average Bonchev–Trinajstić information content (AvgIpc) is 3.24. The second-order valence-corrected chi connectivity index (χ2v) is 25.1. The molecule has 2 aliphatic rings. The highest BCUT2D eigenvalue weighted by molar-refractivity contribution is 7.90. The van der Waals surface area contributed by atoms with Crippen molar-refractivity contribution in [3.63, 3.8) is 0 Å². The summed E-state index contributed by atoms with van der Waals surface area (Å²) in [5.74, 6) is 0.224. The quantitative estimate of drug-likeness (QED) is 0.336. The monoisotopic (exact) mass is 631 g/mol. The average molecular weight is 632 g/mol. The van der Waals surface area contributed by atoms with Crippen LogP contribution in [0.1, 0.15) is 60.3 Å². The number of rotatable bonds is 8. The Morgan fingerprint density at radius 2 is 1.66 bits per heavy atom. The molecule has 11 nitrogen and oxygen atoms in total. The summed E-state index contributed by atoms with van der Waals surface area (Å²) >= 11 is 0. The summed E-state index contributed by atoms with van der Waals surface area (Å²) < 4.78 is 54.1.